The van der Waals surface area contributed by atoms with Crippen LogP contribution in [0.3, 0.4) is 0 Å². The highest BCUT2D eigenvalue weighted by molar-refractivity contribution is 6.31. The number of benzene rings is 2. The fourth-order valence-corrected chi connectivity index (χ4v) is 2.54. The summed E-state index contributed by atoms with van der Waals surface area (Å²) in [5.41, 5.74) is 4.62. The Kier molecular flexibility index (Phi) is 3.30. The van der Waals surface area contributed by atoms with Gasteiger partial charge in [0.1, 0.15) is 5.82 Å². The van der Waals surface area contributed by atoms with E-state index in [4.69, 9.17) is 11.6 Å². The van der Waals surface area contributed by atoms with Gasteiger partial charge in [0, 0.05) is 24.5 Å². The van der Waals surface area contributed by atoms with Crippen LogP contribution in [0.15, 0.2) is 36.4 Å². The number of hydrogen-bond donors (Lipinski definition) is 2. The molecule has 0 bridgehead atoms. The Balaban J connectivity index is 1.76. The molecule has 0 aromatic heterocycles. The summed E-state index contributed by atoms with van der Waals surface area (Å²) < 4.78 is 13.1. The number of halogens is 2. The van der Waals surface area contributed by atoms with Crippen LogP contribution >= 0.6 is 11.6 Å². The first kappa shape index (κ1) is 12.3. The predicted octanol–water partition coefficient (Wildman–Crippen LogP) is 4.06. The smallest absolute Gasteiger partial charge is 0.141 e. The fraction of sp³-hybridized carbons (Fsp3) is 0.200. The molecule has 0 saturated carbocycles. The lowest BCUT2D eigenvalue weighted by Gasteiger charge is -2.11. The van der Waals surface area contributed by atoms with Crippen molar-refractivity contribution >= 4 is 23.0 Å². The maximum atomic E-state index is 13.1. The van der Waals surface area contributed by atoms with Crippen LogP contribution in [0.25, 0.3) is 0 Å². The van der Waals surface area contributed by atoms with E-state index in [0.717, 1.165) is 18.7 Å². The second kappa shape index (κ2) is 5.10. The molecule has 2 aromatic carbocycles. The zero-order chi connectivity index (χ0) is 13.2. The van der Waals surface area contributed by atoms with Gasteiger partial charge in [0.05, 0.1) is 5.02 Å². The summed E-state index contributed by atoms with van der Waals surface area (Å²) in [5, 5.41) is 6.81. The summed E-state index contributed by atoms with van der Waals surface area (Å²) in [4.78, 5) is 0. The van der Waals surface area contributed by atoms with Crippen LogP contribution in [0.4, 0.5) is 15.8 Å². The Morgan fingerprint density at radius 3 is 3.00 bits per heavy atom. The molecule has 3 rings (SSSR count). The first-order chi connectivity index (χ1) is 9.24. The van der Waals surface area contributed by atoms with Gasteiger partial charge < -0.3 is 10.6 Å². The largest absolute Gasteiger partial charge is 0.384 e. The molecule has 0 spiro atoms. The maximum absolute atomic E-state index is 13.1. The highest BCUT2D eigenvalue weighted by Gasteiger charge is 2.13. The first-order valence-corrected chi connectivity index (χ1v) is 6.65. The van der Waals surface area contributed by atoms with Crippen molar-refractivity contribution in [2.75, 3.05) is 17.2 Å². The average molecular weight is 277 g/mol. The quantitative estimate of drug-likeness (QED) is 0.883. The lowest BCUT2D eigenvalue weighted by molar-refractivity contribution is 0.628. The molecule has 1 aliphatic rings. The van der Waals surface area contributed by atoms with Gasteiger partial charge in [-0.2, -0.15) is 0 Å². The monoisotopic (exact) mass is 276 g/mol. The molecule has 0 amide bonds. The van der Waals surface area contributed by atoms with Gasteiger partial charge >= 0.3 is 0 Å². The third-order valence-electron chi connectivity index (χ3n) is 3.34. The lowest BCUT2D eigenvalue weighted by Crippen LogP contribution is -2.03. The van der Waals surface area contributed by atoms with Crippen molar-refractivity contribution in [1.82, 2.24) is 0 Å². The number of nitrogens with one attached hydrogen (secondary N) is 2. The van der Waals surface area contributed by atoms with Gasteiger partial charge in [-0.05, 0) is 35.7 Å². The molecule has 4 heteroatoms. The fourth-order valence-electron chi connectivity index (χ4n) is 2.36. The molecule has 2 N–H and O–H groups in total. The van der Waals surface area contributed by atoms with E-state index in [-0.39, 0.29) is 5.02 Å². The molecule has 1 aliphatic heterocycles. The van der Waals surface area contributed by atoms with Gasteiger partial charge in [-0.25, -0.2) is 4.39 Å². The highest BCUT2D eigenvalue weighted by atomic mass is 35.5. The van der Waals surface area contributed by atoms with E-state index in [0.29, 0.717) is 6.54 Å². The summed E-state index contributed by atoms with van der Waals surface area (Å²) in [7, 11) is 0. The third kappa shape index (κ3) is 2.51. The number of rotatable bonds is 3. The van der Waals surface area contributed by atoms with Crippen LogP contribution < -0.4 is 10.6 Å². The van der Waals surface area contributed by atoms with Crippen LogP contribution in [0.2, 0.25) is 5.02 Å². The summed E-state index contributed by atoms with van der Waals surface area (Å²) in [6.45, 7) is 1.69. The third-order valence-corrected chi connectivity index (χ3v) is 3.63. The van der Waals surface area contributed by atoms with E-state index in [1.807, 2.05) is 0 Å². The molecule has 0 atom stereocenters. The van der Waals surface area contributed by atoms with Crippen molar-refractivity contribution in [2.24, 2.45) is 0 Å². The van der Waals surface area contributed by atoms with E-state index in [1.54, 1.807) is 12.1 Å². The zero-order valence-corrected chi connectivity index (χ0v) is 11.1. The van der Waals surface area contributed by atoms with Gasteiger partial charge in [-0.1, -0.05) is 29.8 Å². The lowest BCUT2D eigenvalue weighted by atomic mass is 10.1. The van der Waals surface area contributed by atoms with Gasteiger partial charge in [0.2, 0.25) is 0 Å². The summed E-state index contributed by atoms with van der Waals surface area (Å²) in [5.74, 6) is -0.394. The number of anilines is 2. The molecule has 19 heavy (non-hydrogen) atoms. The SMILES string of the molecule is Fc1ccc(NCc2cccc3c2NCC3)cc1Cl. The minimum absolute atomic E-state index is 0.140. The second-order valence-corrected chi connectivity index (χ2v) is 5.02. The number of hydrogen-bond acceptors (Lipinski definition) is 2. The molecule has 0 saturated heterocycles. The van der Waals surface area contributed by atoms with Crippen molar-refractivity contribution in [3.8, 4) is 0 Å². The Morgan fingerprint density at radius 1 is 1.26 bits per heavy atom. The summed E-state index contributed by atoms with van der Waals surface area (Å²) in [6.07, 6.45) is 1.07. The normalized spacial score (nSPS) is 12.9. The van der Waals surface area contributed by atoms with E-state index in [2.05, 4.69) is 28.8 Å². The van der Waals surface area contributed by atoms with Gasteiger partial charge in [-0.3, -0.25) is 0 Å². The van der Waals surface area contributed by atoms with Crippen molar-refractivity contribution in [2.45, 2.75) is 13.0 Å². The van der Waals surface area contributed by atoms with E-state index < -0.39 is 5.82 Å². The van der Waals surface area contributed by atoms with Gasteiger partial charge in [0.25, 0.3) is 0 Å². The van der Waals surface area contributed by atoms with Crippen LogP contribution in [-0.2, 0) is 13.0 Å². The number of para-hydroxylation sites is 1. The predicted molar refractivity (Wildman–Crippen MR) is 77.4 cm³/mol. The molecule has 1 heterocycles. The van der Waals surface area contributed by atoms with E-state index >= 15 is 0 Å². The molecule has 0 fully saturated rings. The first-order valence-electron chi connectivity index (χ1n) is 6.27. The van der Waals surface area contributed by atoms with Crippen LogP contribution in [0.5, 0.6) is 0 Å². The highest BCUT2D eigenvalue weighted by Crippen LogP contribution is 2.27. The van der Waals surface area contributed by atoms with Crippen molar-refractivity contribution in [3.05, 3.63) is 58.4 Å². The summed E-state index contributed by atoms with van der Waals surface area (Å²) >= 11 is 5.76. The van der Waals surface area contributed by atoms with Gasteiger partial charge in [0.15, 0.2) is 0 Å². The van der Waals surface area contributed by atoms with Gasteiger partial charge in [-0.15, -0.1) is 0 Å². The Labute approximate surface area is 116 Å². The molecule has 0 radical (unpaired) electrons. The Morgan fingerprint density at radius 2 is 2.16 bits per heavy atom. The second-order valence-electron chi connectivity index (χ2n) is 4.61. The molecule has 2 aromatic rings. The minimum atomic E-state index is -0.394. The van der Waals surface area contributed by atoms with E-state index in [1.165, 1.54) is 22.9 Å². The zero-order valence-electron chi connectivity index (χ0n) is 10.3. The summed E-state index contributed by atoms with van der Waals surface area (Å²) in [6, 6.07) is 11.0. The molecule has 0 aliphatic carbocycles. The molecular formula is C15H14ClFN2. The average Bonchev–Trinajstić information content (AvgIpc) is 2.89. The topological polar surface area (TPSA) is 24.1 Å². The molecule has 98 valence electrons. The van der Waals surface area contributed by atoms with Crippen molar-refractivity contribution < 1.29 is 4.39 Å². The van der Waals surface area contributed by atoms with Crippen molar-refractivity contribution in [1.29, 1.82) is 0 Å². The standard InChI is InChI=1S/C15H14ClFN2/c16-13-8-12(4-5-14(13)17)19-9-11-3-1-2-10-6-7-18-15(10)11/h1-5,8,18-19H,6-7,9H2. The van der Waals surface area contributed by atoms with Crippen LogP contribution in [0, 0.1) is 5.82 Å². The maximum Gasteiger partial charge on any atom is 0.141 e. The van der Waals surface area contributed by atoms with Crippen LogP contribution in [0.1, 0.15) is 11.1 Å². The Bertz CT molecular complexity index is 613. The Hall–Kier alpha value is -1.74. The van der Waals surface area contributed by atoms with E-state index in [9.17, 15) is 4.39 Å². The van der Waals surface area contributed by atoms with Crippen LogP contribution in [-0.4, -0.2) is 6.54 Å². The molecule has 0 unspecified atom stereocenters. The minimum Gasteiger partial charge on any atom is -0.384 e. The number of fused-ring (bicyclic) bond motifs is 1. The van der Waals surface area contributed by atoms with Crippen molar-refractivity contribution in [3.63, 3.8) is 0 Å². The molecule has 2 nitrogen and oxygen atoms in total. The molecular weight excluding hydrogens is 263 g/mol.